The average Bonchev–Trinajstić information content (AvgIpc) is 2.60. The summed E-state index contributed by atoms with van der Waals surface area (Å²) in [6.07, 6.45) is 0. The Morgan fingerprint density at radius 1 is 1.69 bits per heavy atom. The van der Waals surface area contributed by atoms with E-state index in [4.69, 9.17) is 11.6 Å². The van der Waals surface area contributed by atoms with Crippen LogP contribution in [-0.4, -0.2) is 31.5 Å². The van der Waals surface area contributed by atoms with Gasteiger partial charge in [0, 0.05) is 18.0 Å². The lowest BCUT2D eigenvalue weighted by Crippen LogP contribution is -2.19. The molecule has 86 valence electrons. The molecule has 0 amide bonds. The summed E-state index contributed by atoms with van der Waals surface area (Å²) in [7, 11) is 0. The molecular formula is C9H12ClN5O. The van der Waals surface area contributed by atoms with Crippen molar-refractivity contribution in [2.24, 2.45) is 0 Å². The lowest BCUT2D eigenvalue weighted by Gasteiger charge is -2.11. The fourth-order valence-corrected chi connectivity index (χ4v) is 1.54. The Hall–Kier alpha value is -1.56. The number of nitrogens with one attached hydrogen (secondary N) is 2. The zero-order chi connectivity index (χ0) is 11.7. The molecule has 0 aromatic carbocycles. The van der Waals surface area contributed by atoms with Crippen molar-refractivity contribution in [3.05, 3.63) is 22.4 Å². The van der Waals surface area contributed by atoms with Crippen LogP contribution < -0.4 is 11.0 Å². The lowest BCUT2D eigenvalue weighted by molar-refractivity contribution is 0.877. The van der Waals surface area contributed by atoms with Crippen molar-refractivity contribution in [3.63, 3.8) is 0 Å². The molecule has 1 unspecified atom stereocenters. The molecule has 1 atom stereocenters. The molecule has 2 heterocycles. The Morgan fingerprint density at radius 2 is 2.44 bits per heavy atom. The zero-order valence-electron chi connectivity index (χ0n) is 8.99. The van der Waals surface area contributed by atoms with E-state index in [1.165, 1.54) is 4.40 Å². The maximum Gasteiger partial charge on any atom is 0.349 e. The number of nitrogens with zero attached hydrogens (tertiary/aromatic N) is 3. The summed E-state index contributed by atoms with van der Waals surface area (Å²) in [6, 6.07) is 1.81. The predicted octanol–water partition coefficient (Wildman–Crippen LogP) is 0.765. The Balaban J connectivity index is 2.46. The Labute approximate surface area is 96.7 Å². The van der Waals surface area contributed by atoms with Crippen LogP contribution in [0.3, 0.4) is 0 Å². The molecule has 0 aliphatic heterocycles. The summed E-state index contributed by atoms with van der Waals surface area (Å²) in [5, 5.41) is 9.38. The fraction of sp³-hybridized carbons (Fsp3) is 0.444. The standard InChI is InChI=1S/C9H12ClN5O/c1-5(4-10)11-7-3-8-13-14-9(16)15(8)6(2)12-7/h3,5,11H,4H2,1-2H3,(H,14,16). The van der Waals surface area contributed by atoms with Gasteiger partial charge in [-0.2, -0.15) is 5.10 Å². The van der Waals surface area contributed by atoms with Crippen molar-refractivity contribution < 1.29 is 0 Å². The summed E-state index contributed by atoms with van der Waals surface area (Å²) in [6.45, 7) is 3.70. The minimum absolute atomic E-state index is 0.113. The molecule has 0 spiro atoms. The number of aryl methyl sites for hydroxylation is 1. The number of aromatic amines is 1. The molecule has 0 fully saturated rings. The number of halogens is 1. The maximum absolute atomic E-state index is 11.4. The van der Waals surface area contributed by atoms with Crippen molar-refractivity contribution >= 4 is 23.1 Å². The van der Waals surface area contributed by atoms with Gasteiger partial charge in [-0.25, -0.2) is 19.3 Å². The first-order chi connectivity index (χ1) is 7.61. The molecule has 0 aliphatic carbocycles. The largest absolute Gasteiger partial charge is 0.366 e. The van der Waals surface area contributed by atoms with Crippen LogP contribution in [0.25, 0.3) is 5.65 Å². The topological polar surface area (TPSA) is 75.1 Å². The van der Waals surface area contributed by atoms with Crippen LogP contribution in [0.2, 0.25) is 0 Å². The second kappa shape index (κ2) is 4.13. The molecule has 16 heavy (non-hydrogen) atoms. The normalized spacial score (nSPS) is 12.9. The SMILES string of the molecule is Cc1nc(NC(C)CCl)cc2n[nH]c(=O)n12. The van der Waals surface area contributed by atoms with Crippen LogP contribution in [-0.2, 0) is 0 Å². The molecule has 2 rings (SSSR count). The molecule has 0 aliphatic rings. The van der Waals surface area contributed by atoms with E-state index in [0.717, 1.165) is 0 Å². The molecule has 2 aromatic heterocycles. The Kier molecular flexibility index (Phi) is 2.82. The highest BCUT2D eigenvalue weighted by atomic mass is 35.5. The van der Waals surface area contributed by atoms with Gasteiger partial charge >= 0.3 is 5.69 Å². The van der Waals surface area contributed by atoms with Crippen molar-refractivity contribution in [1.82, 2.24) is 19.6 Å². The first-order valence-electron chi connectivity index (χ1n) is 4.89. The molecule has 2 N–H and O–H groups in total. The van der Waals surface area contributed by atoms with Crippen molar-refractivity contribution in [2.45, 2.75) is 19.9 Å². The number of hydrogen-bond acceptors (Lipinski definition) is 4. The van der Waals surface area contributed by atoms with E-state index in [0.29, 0.717) is 23.2 Å². The van der Waals surface area contributed by atoms with E-state index in [2.05, 4.69) is 20.5 Å². The van der Waals surface area contributed by atoms with Crippen molar-refractivity contribution in [3.8, 4) is 0 Å². The number of anilines is 1. The fourth-order valence-electron chi connectivity index (χ4n) is 1.46. The smallest absolute Gasteiger partial charge is 0.349 e. The van der Waals surface area contributed by atoms with E-state index in [9.17, 15) is 4.79 Å². The van der Waals surface area contributed by atoms with E-state index >= 15 is 0 Å². The Bertz CT molecular complexity index is 561. The minimum atomic E-state index is -0.281. The summed E-state index contributed by atoms with van der Waals surface area (Å²) in [4.78, 5) is 15.6. The number of aromatic nitrogens is 4. The zero-order valence-corrected chi connectivity index (χ0v) is 9.75. The quantitative estimate of drug-likeness (QED) is 0.779. The van der Waals surface area contributed by atoms with Gasteiger partial charge in [0.2, 0.25) is 0 Å². The van der Waals surface area contributed by atoms with Crippen LogP contribution in [0, 0.1) is 6.92 Å². The van der Waals surface area contributed by atoms with E-state index < -0.39 is 0 Å². The predicted molar refractivity (Wildman–Crippen MR) is 62.1 cm³/mol. The van der Waals surface area contributed by atoms with E-state index in [-0.39, 0.29) is 11.7 Å². The van der Waals surface area contributed by atoms with Gasteiger partial charge in [-0.1, -0.05) is 0 Å². The van der Waals surface area contributed by atoms with Gasteiger partial charge in [0.15, 0.2) is 5.65 Å². The summed E-state index contributed by atoms with van der Waals surface area (Å²) in [5.41, 5.74) is 0.263. The number of rotatable bonds is 3. The third-order valence-electron chi connectivity index (χ3n) is 2.20. The first-order valence-corrected chi connectivity index (χ1v) is 5.42. The van der Waals surface area contributed by atoms with Crippen molar-refractivity contribution in [2.75, 3.05) is 11.2 Å². The molecule has 2 aromatic rings. The highest BCUT2D eigenvalue weighted by Gasteiger charge is 2.08. The molecule has 0 radical (unpaired) electrons. The number of hydrogen-bond donors (Lipinski definition) is 2. The van der Waals surface area contributed by atoms with Gasteiger partial charge in [0.25, 0.3) is 0 Å². The van der Waals surface area contributed by atoms with Gasteiger partial charge < -0.3 is 5.32 Å². The highest BCUT2D eigenvalue weighted by molar-refractivity contribution is 6.18. The summed E-state index contributed by atoms with van der Waals surface area (Å²) in [5.74, 6) is 1.73. The van der Waals surface area contributed by atoms with Gasteiger partial charge in [0.05, 0.1) is 0 Å². The van der Waals surface area contributed by atoms with Gasteiger partial charge in [-0.05, 0) is 13.8 Å². The van der Waals surface area contributed by atoms with E-state index in [1.54, 1.807) is 13.0 Å². The number of alkyl halides is 1. The third kappa shape index (κ3) is 1.88. The van der Waals surface area contributed by atoms with Crippen LogP contribution in [0.1, 0.15) is 12.7 Å². The molecular weight excluding hydrogens is 230 g/mol. The van der Waals surface area contributed by atoms with Gasteiger partial charge in [-0.15, -0.1) is 11.6 Å². The van der Waals surface area contributed by atoms with E-state index in [1.807, 2.05) is 6.92 Å². The lowest BCUT2D eigenvalue weighted by atomic mass is 10.4. The second-order valence-electron chi connectivity index (χ2n) is 3.61. The molecule has 7 heteroatoms. The van der Waals surface area contributed by atoms with Crippen molar-refractivity contribution in [1.29, 1.82) is 0 Å². The molecule has 6 nitrogen and oxygen atoms in total. The third-order valence-corrected chi connectivity index (χ3v) is 2.66. The maximum atomic E-state index is 11.4. The van der Waals surface area contributed by atoms with Crippen LogP contribution in [0.15, 0.2) is 10.9 Å². The molecule has 0 bridgehead atoms. The monoisotopic (exact) mass is 241 g/mol. The Morgan fingerprint density at radius 3 is 3.12 bits per heavy atom. The van der Waals surface area contributed by atoms with Gasteiger partial charge in [0.1, 0.15) is 11.6 Å². The second-order valence-corrected chi connectivity index (χ2v) is 3.92. The van der Waals surface area contributed by atoms with Gasteiger partial charge in [-0.3, -0.25) is 0 Å². The number of fused-ring (bicyclic) bond motifs is 1. The summed E-state index contributed by atoms with van der Waals surface area (Å²) < 4.78 is 1.41. The highest BCUT2D eigenvalue weighted by Crippen LogP contribution is 2.09. The van der Waals surface area contributed by atoms with Crippen LogP contribution >= 0.6 is 11.6 Å². The number of H-pyrrole nitrogens is 1. The first kappa shape index (κ1) is 10.9. The molecule has 0 saturated heterocycles. The minimum Gasteiger partial charge on any atom is -0.366 e. The molecule has 0 saturated carbocycles. The average molecular weight is 242 g/mol. The van der Waals surface area contributed by atoms with Crippen LogP contribution in [0.5, 0.6) is 0 Å². The summed E-state index contributed by atoms with van der Waals surface area (Å²) >= 11 is 5.70. The van der Waals surface area contributed by atoms with Crippen LogP contribution in [0.4, 0.5) is 5.82 Å².